The van der Waals surface area contributed by atoms with Gasteiger partial charge in [0.1, 0.15) is 0 Å². The lowest BCUT2D eigenvalue weighted by Crippen LogP contribution is -2.64. The molecule has 0 radical (unpaired) electrons. The summed E-state index contributed by atoms with van der Waals surface area (Å²) in [4.78, 5) is 40.8. The Morgan fingerprint density at radius 2 is 1.59 bits per heavy atom. The lowest BCUT2D eigenvalue weighted by Gasteiger charge is -2.39. The van der Waals surface area contributed by atoms with Crippen LogP contribution < -0.4 is 10.8 Å². The number of nitrogens with zero attached hydrogens (tertiary/aromatic N) is 2. The maximum absolute atomic E-state index is 13.0. The Morgan fingerprint density at radius 1 is 1.05 bits per heavy atom. The zero-order chi connectivity index (χ0) is 27.2. The number of likely N-dealkylation sites (N-methyl/N-ethyl adjacent to an activating group) is 2. The molecule has 37 heavy (non-hydrogen) atoms. The Labute approximate surface area is 217 Å². The summed E-state index contributed by atoms with van der Waals surface area (Å²) < 4.78 is 5.80. The van der Waals surface area contributed by atoms with Crippen LogP contribution in [0.25, 0.3) is 0 Å². The minimum atomic E-state index is -1.94. The molecule has 9 nitrogen and oxygen atoms in total. The molecule has 0 saturated carbocycles. The van der Waals surface area contributed by atoms with Crippen LogP contribution in [0.15, 0.2) is 48.5 Å². The first-order valence-electron chi connectivity index (χ1n) is 12.1. The van der Waals surface area contributed by atoms with E-state index < -0.39 is 23.3 Å². The molecule has 0 aliphatic carbocycles. The minimum Gasteiger partial charge on any atom is -0.373 e. The van der Waals surface area contributed by atoms with E-state index in [4.69, 9.17) is 9.94 Å². The summed E-state index contributed by atoms with van der Waals surface area (Å²) in [6.07, 6.45) is 0.584. The van der Waals surface area contributed by atoms with E-state index >= 15 is 0 Å². The molecule has 2 aromatic rings. The van der Waals surface area contributed by atoms with Crippen molar-refractivity contribution in [1.82, 2.24) is 20.6 Å². The number of carbonyl (C=O) groups is 3. The van der Waals surface area contributed by atoms with Gasteiger partial charge in [-0.1, -0.05) is 24.0 Å². The van der Waals surface area contributed by atoms with Gasteiger partial charge >= 0.3 is 0 Å². The van der Waals surface area contributed by atoms with Crippen LogP contribution in [0, 0.1) is 11.8 Å². The van der Waals surface area contributed by atoms with Crippen molar-refractivity contribution in [2.45, 2.75) is 45.1 Å². The predicted molar refractivity (Wildman–Crippen MR) is 139 cm³/mol. The van der Waals surface area contributed by atoms with Crippen LogP contribution >= 0.6 is 0 Å². The second kappa shape index (κ2) is 12.0. The van der Waals surface area contributed by atoms with Gasteiger partial charge < -0.3 is 15.0 Å². The third-order valence-electron chi connectivity index (χ3n) is 6.42. The number of ether oxygens (including phenoxy) is 1. The first-order valence-corrected chi connectivity index (χ1v) is 12.1. The first-order chi connectivity index (χ1) is 17.6. The van der Waals surface area contributed by atoms with Crippen molar-refractivity contribution < 1.29 is 24.3 Å². The molecule has 0 spiro atoms. The fourth-order valence-electron chi connectivity index (χ4n) is 4.07. The van der Waals surface area contributed by atoms with Crippen LogP contribution in [-0.2, 0) is 20.9 Å². The van der Waals surface area contributed by atoms with Crippen molar-refractivity contribution in [3.63, 3.8) is 0 Å². The quantitative estimate of drug-likeness (QED) is 0.218. The van der Waals surface area contributed by atoms with E-state index in [1.807, 2.05) is 12.1 Å². The number of hydroxylamine groups is 1. The molecular formula is C28H34N4O5. The average molecular weight is 507 g/mol. The van der Waals surface area contributed by atoms with E-state index in [0.717, 1.165) is 30.1 Å². The van der Waals surface area contributed by atoms with Crippen molar-refractivity contribution in [3.8, 4) is 11.8 Å². The molecule has 0 unspecified atom stereocenters. The smallest absolute Gasteiger partial charge is 0.278 e. The Hall–Kier alpha value is -3.71. The highest BCUT2D eigenvalue weighted by molar-refractivity contribution is 6.12. The first kappa shape index (κ1) is 27.9. The second-order valence-corrected chi connectivity index (χ2v) is 9.48. The molecular weight excluding hydrogens is 472 g/mol. The molecule has 9 heteroatoms. The van der Waals surface area contributed by atoms with Crippen LogP contribution in [-0.4, -0.2) is 77.7 Å². The highest BCUT2D eigenvalue weighted by atomic mass is 16.5. The van der Waals surface area contributed by atoms with Crippen molar-refractivity contribution in [1.29, 1.82) is 0 Å². The third-order valence-corrected chi connectivity index (χ3v) is 6.42. The standard InChI is InChI=1S/C28H34N4O5/c1-19(2)37-24-17-32(18-24)16-22-10-8-20(9-11-22)6-7-21-12-14-23(15-13-21)25(33)31(5)28(3,26(34)29-4)27(35)30-36/h8-15,19,24,36H,16-18H2,1-5H3,(H,29,34)(H,30,35)/t28-/m0/s1. The van der Waals surface area contributed by atoms with Crippen LogP contribution in [0.2, 0.25) is 0 Å². The number of benzene rings is 2. The van der Waals surface area contributed by atoms with E-state index in [1.54, 1.807) is 24.3 Å². The fourth-order valence-corrected chi connectivity index (χ4v) is 4.07. The van der Waals surface area contributed by atoms with Crippen molar-refractivity contribution in [2.24, 2.45) is 0 Å². The van der Waals surface area contributed by atoms with Crippen LogP contribution in [0.1, 0.15) is 47.8 Å². The lowest BCUT2D eigenvalue weighted by atomic mass is 9.96. The van der Waals surface area contributed by atoms with Gasteiger partial charge in [-0.2, -0.15) is 0 Å². The summed E-state index contributed by atoms with van der Waals surface area (Å²) in [5.41, 5.74) is 2.60. The molecule has 0 aromatic heterocycles. The highest BCUT2D eigenvalue weighted by Crippen LogP contribution is 2.19. The van der Waals surface area contributed by atoms with E-state index in [9.17, 15) is 14.4 Å². The molecule has 1 saturated heterocycles. The number of rotatable bonds is 8. The molecule has 0 bridgehead atoms. The number of hydrogen-bond acceptors (Lipinski definition) is 6. The van der Waals surface area contributed by atoms with Gasteiger partial charge in [0.25, 0.3) is 17.7 Å². The second-order valence-electron chi connectivity index (χ2n) is 9.48. The average Bonchev–Trinajstić information content (AvgIpc) is 2.89. The Balaban J connectivity index is 1.61. The number of hydrogen-bond donors (Lipinski definition) is 3. The van der Waals surface area contributed by atoms with Gasteiger partial charge in [0.2, 0.25) is 0 Å². The van der Waals surface area contributed by atoms with E-state index in [1.165, 1.54) is 32.1 Å². The van der Waals surface area contributed by atoms with Gasteiger partial charge in [0.15, 0.2) is 5.54 Å². The zero-order valence-electron chi connectivity index (χ0n) is 21.9. The fraction of sp³-hybridized carbons (Fsp3) is 0.393. The van der Waals surface area contributed by atoms with E-state index in [-0.39, 0.29) is 11.7 Å². The van der Waals surface area contributed by atoms with Gasteiger partial charge in [-0.25, -0.2) is 5.48 Å². The molecule has 196 valence electrons. The highest BCUT2D eigenvalue weighted by Gasteiger charge is 2.47. The Bertz CT molecular complexity index is 1160. The SMILES string of the molecule is CNC(=O)[C@@](C)(C(=O)NO)N(C)C(=O)c1ccc(C#Cc2ccc(CN3CC(OC(C)C)C3)cc2)cc1. The van der Waals surface area contributed by atoms with Crippen molar-refractivity contribution in [3.05, 3.63) is 70.8 Å². The number of carbonyl (C=O) groups excluding carboxylic acids is 3. The molecule has 2 aromatic carbocycles. The monoisotopic (exact) mass is 506 g/mol. The summed E-state index contributed by atoms with van der Waals surface area (Å²) >= 11 is 0. The molecule has 3 amide bonds. The van der Waals surface area contributed by atoms with E-state index in [2.05, 4.69) is 48.0 Å². The van der Waals surface area contributed by atoms with Gasteiger partial charge in [-0.05, 0) is 62.7 Å². The Morgan fingerprint density at radius 3 is 2.08 bits per heavy atom. The predicted octanol–water partition coefficient (Wildman–Crippen LogP) is 1.78. The summed E-state index contributed by atoms with van der Waals surface area (Å²) in [7, 11) is 2.67. The van der Waals surface area contributed by atoms with Gasteiger partial charge in [-0.3, -0.25) is 24.5 Å². The molecule has 1 heterocycles. The van der Waals surface area contributed by atoms with Crippen LogP contribution in [0.3, 0.4) is 0 Å². The number of nitrogens with one attached hydrogen (secondary N) is 2. The minimum absolute atomic E-state index is 0.257. The lowest BCUT2D eigenvalue weighted by molar-refractivity contribution is -0.148. The van der Waals surface area contributed by atoms with Crippen molar-refractivity contribution in [2.75, 3.05) is 27.2 Å². The molecule has 3 rings (SSSR count). The maximum Gasteiger partial charge on any atom is 0.278 e. The molecule has 1 atom stereocenters. The number of likely N-dealkylation sites (tertiary alicyclic amines) is 1. The Kier molecular flexibility index (Phi) is 9.05. The molecule has 1 aliphatic heterocycles. The van der Waals surface area contributed by atoms with Crippen LogP contribution in [0.5, 0.6) is 0 Å². The summed E-state index contributed by atoms with van der Waals surface area (Å²) in [5, 5.41) is 11.4. The third kappa shape index (κ3) is 6.54. The van der Waals surface area contributed by atoms with Crippen molar-refractivity contribution >= 4 is 17.7 Å². The van der Waals surface area contributed by atoms with Gasteiger partial charge in [0.05, 0.1) is 12.2 Å². The molecule has 1 aliphatic rings. The number of amides is 3. The zero-order valence-corrected chi connectivity index (χ0v) is 21.9. The van der Waals surface area contributed by atoms with Gasteiger partial charge in [0, 0.05) is 50.4 Å². The van der Waals surface area contributed by atoms with Gasteiger partial charge in [-0.15, -0.1) is 0 Å². The topological polar surface area (TPSA) is 111 Å². The molecule has 3 N–H and O–H groups in total. The normalized spacial score (nSPS) is 15.1. The summed E-state index contributed by atoms with van der Waals surface area (Å²) in [6.45, 7) is 8.15. The van der Waals surface area contributed by atoms with Crippen LogP contribution in [0.4, 0.5) is 0 Å². The summed E-state index contributed by atoms with van der Waals surface area (Å²) in [5.74, 6) is 3.89. The van der Waals surface area contributed by atoms with E-state index in [0.29, 0.717) is 11.7 Å². The maximum atomic E-state index is 13.0. The summed E-state index contributed by atoms with van der Waals surface area (Å²) in [6, 6.07) is 14.7. The molecule has 1 fully saturated rings. The largest absolute Gasteiger partial charge is 0.373 e.